The van der Waals surface area contributed by atoms with E-state index in [9.17, 15) is 0 Å². The number of hydrogen-bond donors (Lipinski definition) is 0. The molecule has 192 valence electrons. The molecule has 4 aromatic carbocycles. The van der Waals surface area contributed by atoms with Gasteiger partial charge in [-0.1, -0.05) is 76.2 Å². The minimum absolute atomic E-state index is 0. The quantitative estimate of drug-likeness (QED) is 0.150. The number of benzene rings is 4. The maximum absolute atomic E-state index is 5.33. The Morgan fingerprint density at radius 3 is 1.36 bits per heavy atom. The van der Waals surface area contributed by atoms with E-state index in [2.05, 4.69) is 137 Å². The van der Waals surface area contributed by atoms with Gasteiger partial charge in [0.25, 0.3) is 0 Å². The van der Waals surface area contributed by atoms with Gasteiger partial charge < -0.3 is 0 Å². The predicted octanol–water partition coefficient (Wildman–Crippen LogP) is 8.68. The fourth-order valence-electron chi connectivity index (χ4n) is 5.67. The zero-order valence-electron chi connectivity index (χ0n) is 22.4. The molecule has 2 nitrogen and oxygen atoms in total. The normalized spacial score (nSPS) is 14.9. The summed E-state index contributed by atoms with van der Waals surface area (Å²) in [7, 11) is 0. The molecular weight excluding hydrogens is 655 g/mol. The standard InChI is InChI=1S/C36H28N2.Pt/c1-35(2)27-15-9-13-25(19-27)34-30-18-8-6-12-24(30)22-32(38-34)36(3,4)28-16-10-14-26(20-28)33-29-17-7-5-11-23(29)21-31(35)37-33;/h5-18,21-22H,1-4H3;/q-2;+2. The molecule has 0 fully saturated rings. The van der Waals surface area contributed by atoms with Crippen LogP contribution in [0.1, 0.15) is 50.2 Å². The molecule has 3 heterocycles. The average Bonchev–Trinajstić information content (AvgIpc) is 2.95. The molecule has 39 heavy (non-hydrogen) atoms. The summed E-state index contributed by atoms with van der Waals surface area (Å²) in [5.41, 5.74) is 7.39. The summed E-state index contributed by atoms with van der Waals surface area (Å²) in [6, 6.07) is 41.9. The zero-order chi connectivity index (χ0) is 26.1. The van der Waals surface area contributed by atoms with Gasteiger partial charge in [0.2, 0.25) is 0 Å². The van der Waals surface area contributed by atoms with Crippen molar-refractivity contribution in [3.05, 3.63) is 132 Å². The molecular formula is C36H28N2Pt. The van der Waals surface area contributed by atoms with E-state index in [0.717, 1.165) is 55.8 Å². The smallest absolute Gasteiger partial charge is 0.300 e. The van der Waals surface area contributed by atoms with Gasteiger partial charge in [-0.05, 0) is 45.1 Å². The maximum Gasteiger partial charge on any atom is 2.00 e. The van der Waals surface area contributed by atoms with Gasteiger partial charge >= 0.3 is 21.1 Å². The van der Waals surface area contributed by atoms with E-state index in [1.165, 1.54) is 10.8 Å². The molecule has 8 bridgehead atoms. The van der Waals surface area contributed by atoms with Crippen LogP contribution in [0.3, 0.4) is 0 Å². The van der Waals surface area contributed by atoms with Crippen LogP contribution in [-0.2, 0) is 31.9 Å². The number of aromatic nitrogens is 2. The van der Waals surface area contributed by atoms with Crippen molar-refractivity contribution in [1.82, 2.24) is 9.97 Å². The largest absolute Gasteiger partial charge is 2.00 e. The molecule has 7 rings (SSSR count). The van der Waals surface area contributed by atoms with Gasteiger partial charge in [-0.25, -0.2) is 0 Å². The summed E-state index contributed by atoms with van der Waals surface area (Å²) in [6.45, 7) is 8.95. The summed E-state index contributed by atoms with van der Waals surface area (Å²) in [5, 5.41) is 4.63. The molecule has 3 heteroatoms. The molecule has 1 aliphatic heterocycles. The van der Waals surface area contributed by atoms with Crippen molar-refractivity contribution in [3.63, 3.8) is 0 Å². The summed E-state index contributed by atoms with van der Waals surface area (Å²) in [4.78, 5) is 10.7. The Labute approximate surface area is 244 Å². The number of nitrogens with zero attached hydrogens (tertiary/aromatic N) is 2. The van der Waals surface area contributed by atoms with Crippen LogP contribution < -0.4 is 0 Å². The number of fused-ring (bicyclic) bond motifs is 14. The van der Waals surface area contributed by atoms with E-state index in [1.54, 1.807) is 0 Å². The predicted molar refractivity (Wildman–Crippen MR) is 156 cm³/mol. The molecule has 0 radical (unpaired) electrons. The van der Waals surface area contributed by atoms with Crippen molar-refractivity contribution >= 4 is 21.5 Å². The van der Waals surface area contributed by atoms with Crippen LogP contribution in [0.5, 0.6) is 0 Å². The van der Waals surface area contributed by atoms with Crippen molar-refractivity contribution in [3.8, 4) is 22.5 Å². The van der Waals surface area contributed by atoms with Gasteiger partial charge in [-0.3, -0.25) is 9.97 Å². The molecule has 0 spiro atoms. The van der Waals surface area contributed by atoms with Crippen LogP contribution in [0.4, 0.5) is 0 Å². The van der Waals surface area contributed by atoms with E-state index < -0.39 is 0 Å². The molecule has 6 aromatic rings. The molecule has 0 saturated carbocycles. The first-order valence-electron chi connectivity index (χ1n) is 13.2. The van der Waals surface area contributed by atoms with Gasteiger partial charge in [-0.15, -0.1) is 70.8 Å². The van der Waals surface area contributed by atoms with Crippen LogP contribution in [0.2, 0.25) is 0 Å². The van der Waals surface area contributed by atoms with Gasteiger partial charge in [0.15, 0.2) is 0 Å². The van der Waals surface area contributed by atoms with E-state index in [1.807, 2.05) is 0 Å². The van der Waals surface area contributed by atoms with Crippen LogP contribution in [0.25, 0.3) is 44.1 Å². The van der Waals surface area contributed by atoms with Crippen molar-refractivity contribution in [2.75, 3.05) is 0 Å². The Kier molecular flexibility index (Phi) is 6.08. The Morgan fingerprint density at radius 1 is 0.513 bits per heavy atom. The second kappa shape index (κ2) is 9.25. The first kappa shape index (κ1) is 25.7. The Balaban J connectivity index is 0.00000277. The van der Waals surface area contributed by atoms with E-state index in [4.69, 9.17) is 9.97 Å². The fraction of sp³-hybridized carbons (Fsp3) is 0.167. The van der Waals surface area contributed by atoms with Gasteiger partial charge in [0, 0.05) is 22.2 Å². The zero-order valence-corrected chi connectivity index (χ0v) is 24.7. The molecule has 0 unspecified atom stereocenters. The van der Waals surface area contributed by atoms with Crippen LogP contribution in [-0.4, -0.2) is 9.97 Å². The first-order chi connectivity index (χ1) is 18.3. The van der Waals surface area contributed by atoms with Crippen molar-refractivity contribution < 1.29 is 21.1 Å². The Bertz CT molecular complexity index is 1740. The third kappa shape index (κ3) is 4.05. The number of hydrogen-bond acceptors (Lipinski definition) is 2. The summed E-state index contributed by atoms with van der Waals surface area (Å²) >= 11 is 0. The van der Waals surface area contributed by atoms with E-state index in [-0.39, 0.29) is 31.9 Å². The van der Waals surface area contributed by atoms with Crippen LogP contribution in [0, 0.1) is 12.1 Å². The van der Waals surface area contributed by atoms with Crippen LogP contribution >= 0.6 is 0 Å². The molecule has 0 atom stereocenters. The number of pyridine rings is 2. The first-order valence-corrected chi connectivity index (χ1v) is 13.2. The fourth-order valence-corrected chi connectivity index (χ4v) is 5.67. The third-order valence-electron chi connectivity index (χ3n) is 8.21. The Hall–Kier alpha value is -3.61. The second-order valence-corrected chi connectivity index (χ2v) is 11.4. The SMILES string of the molecule is CC1(C)c2[c-]c(ccc2)-c2nc(cc3ccccc23)C(C)(C)c2[c-]c(ccc2)-c2nc1cc1ccccc21.[Pt+2]. The molecule has 0 aliphatic carbocycles. The van der Waals surface area contributed by atoms with Gasteiger partial charge in [-0.2, -0.15) is 0 Å². The molecule has 0 amide bonds. The maximum atomic E-state index is 5.33. The topological polar surface area (TPSA) is 25.8 Å². The van der Waals surface area contributed by atoms with Gasteiger partial charge in [0.1, 0.15) is 0 Å². The second-order valence-electron chi connectivity index (χ2n) is 11.4. The third-order valence-corrected chi connectivity index (χ3v) is 8.21. The molecule has 0 saturated heterocycles. The minimum Gasteiger partial charge on any atom is -0.300 e. The Morgan fingerprint density at radius 2 is 0.923 bits per heavy atom. The summed E-state index contributed by atoms with van der Waals surface area (Å²) in [6.07, 6.45) is 0. The molecule has 2 aromatic heterocycles. The van der Waals surface area contributed by atoms with Crippen molar-refractivity contribution in [2.45, 2.75) is 38.5 Å². The summed E-state index contributed by atoms with van der Waals surface area (Å²) < 4.78 is 0. The van der Waals surface area contributed by atoms with Gasteiger partial charge in [0.05, 0.1) is 0 Å². The van der Waals surface area contributed by atoms with E-state index >= 15 is 0 Å². The van der Waals surface area contributed by atoms with E-state index in [0.29, 0.717) is 0 Å². The monoisotopic (exact) mass is 683 g/mol. The van der Waals surface area contributed by atoms with Crippen molar-refractivity contribution in [1.29, 1.82) is 0 Å². The van der Waals surface area contributed by atoms with Crippen LogP contribution in [0.15, 0.2) is 97.1 Å². The molecule has 1 aliphatic rings. The molecule has 0 N–H and O–H groups in total. The minimum atomic E-state index is -0.372. The summed E-state index contributed by atoms with van der Waals surface area (Å²) in [5.74, 6) is 0. The number of rotatable bonds is 0. The van der Waals surface area contributed by atoms with Crippen molar-refractivity contribution in [2.24, 2.45) is 0 Å². The average molecular weight is 684 g/mol.